The number of benzene rings is 2. The lowest BCUT2D eigenvalue weighted by atomic mass is 9.96. The molecule has 3 aromatic rings. The molecule has 3 rings (SSSR count). The van der Waals surface area contributed by atoms with Crippen molar-refractivity contribution in [3.63, 3.8) is 0 Å². The number of aromatic nitrogens is 1. The molecule has 0 unspecified atom stereocenters. The Labute approximate surface area is 195 Å². The molecule has 0 aliphatic heterocycles. The van der Waals surface area contributed by atoms with Crippen LogP contribution in [0, 0.1) is 0 Å². The van der Waals surface area contributed by atoms with Gasteiger partial charge in [0.2, 0.25) is 5.75 Å². The van der Waals surface area contributed by atoms with Gasteiger partial charge in [-0.1, -0.05) is 12.1 Å². The number of rotatable bonds is 10. The lowest BCUT2D eigenvalue weighted by molar-refractivity contribution is 0.0877. The molecule has 5 N–H and O–H groups in total. The SMILES string of the molecule is COc1cc([C@@H](CC(=O)c2c(O)c3ccccc3n(C)c2=O)NC[C@@H](O)CO)cc(OC)c1O. The number of aliphatic hydroxyl groups is 2. The summed E-state index contributed by atoms with van der Waals surface area (Å²) < 4.78 is 11.7. The fourth-order valence-corrected chi connectivity index (χ4v) is 3.78. The van der Waals surface area contributed by atoms with Gasteiger partial charge in [-0.15, -0.1) is 0 Å². The maximum Gasteiger partial charge on any atom is 0.265 e. The molecule has 0 saturated heterocycles. The first-order valence-corrected chi connectivity index (χ1v) is 10.5. The number of aliphatic hydroxyl groups excluding tert-OH is 2. The van der Waals surface area contributed by atoms with Crippen LogP contribution in [0.5, 0.6) is 23.0 Å². The summed E-state index contributed by atoms with van der Waals surface area (Å²) in [6.45, 7) is -0.566. The van der Waals surface area contributed by atoms with Crippen LogP contribution in [0.25, 0.3) is 10.9 Å². The van der Waals surface area contributed by atoms with Crippen molar-refractivity contribution in [2.24, 2.45) is 7.05 Å². The van der Waals surface area contributed by atoms with Crippen LogP contribution in [0.15, 0.2) is 41.2 Å². The van der Waals surface area contributed by atoms with Gasteiger partial charge in [0, 0.05) is 31.4 Å². The highest BCUT2D eigenvalue weighted by molar-refractivity contribution is 6.03. The van der Waals surface area contributed by atoms with Crippen molar-refractivity contribution in [3.05, 3.63) is 57.9 Å². The molecule has 0 saturated carbocycles. The maximum absolute atomic E-state index is 13.3. The highest BCUT2D eigenvalue weighted by Crippen LogP contribution is 2.39. The molecule has 1 heterocycles. The first-order valence-electron chi connectivity index (χ1n) is 10.5. The van der Waals surface area contributed by atoms with Gasteiger partial charge in [-0.25, -0.2) is 0 Å². The predicted octanol–water partition coefficient (Wildman–Crippen LogP) is 1.22. The standard InChI is InChI=1S/C24H28N2O8/c1-26-17-7-5-4-6-15(17)22(30)21(24(26)32)18(29)10-16(25-11-14(28)12-27)13-8-19(33-2)23(31)20(9-13)34-3/h4-9,14,16,25,27-28,30-31H,10-12H2,1-3H3/t14-,16-/m1/s1. The van der Waals surface area contributed by atoms with Crippen LogP contribution in [0.4, 0.5) is 0 Å². The molecule has 10 nitrogen and oxygen atoms in total. The molecule has 0 amide bonds. The fourth-order valence-electron chi connectivity index (χ4n) is 3.78. The second kappa shape index (κ2) is 10.6. The Bertz CT molecular complexity index is 1230. The number of nitrogens with zero attached hydrogens (tertiary/aromatic N) is 1. The number of hydrogen-bond donors (Lipinski definition) is 5. The molecule has 10 heteroatoms. The van der Waals surface area contributed by atoms with Gasteiger partial charge in [0.05, 0.1) is 32.4 Å². The largest absolute Gasteiger partial charge is 0.506 e. The number of pyridine rings is 1. The quantitative estimate of drug-likeness (QED) is 0.274. The molecule has 2 aromatic carbocycles. The van der Waals surface area contributed by atoms with E-state index in [1.54, 1.807) is 24.3 Å². The van der Waals surface area contributed by atoms with Gasteiger partial charge < -0.3 is 39.8 Å². The Morgan fingerprint density at radius 3 is 2.29 bits per heavy atom. The van der Waals surface area contributed by atoms with Crippen LogP contribution in [0.2, 0.25) is 0 Å². The van der Waals surface area contributed by atoms with E-state index in [1.165, 1.54) is 38.0 Å². The van der Waals surface area contributed by atoms with E-state index in [9.17, 15) is 30.0 Å². The number of ketones is 1. The summed E-state index contributed by atoms with van der Waals surface area (Å²) >= 11 is 0. The summed E-state index contributed by atoms with van der Waals surface area (Å²) in [7, 11) is 4.24. The van der Waals surface area contributed by atoms with Gasteiger partial charge in [0.1, 0.15) is 11.3 Å². The van der Waals surface area contributed by atoms with Crippen LogP contribution in [0.3, 0.4) is 0 Å². The van der Waals surface area contributed by atoms with Crippen molar-refractivity contribution in [2.75, 3.05) is 27.4 Å². The van der Waals surface area contributed by atoms with Crippen molar-refractivity contribution in [1.82, 2.24) is 9.88 Å². The summed E-state index contributed by atoms with van der Waals surface area (Å²) in [5, 5.41) is 43.3. The minimum absolute atomic E-state index is 0.0678. The highest BCUT2D eigenvalue weighted by atomic mass is 16.5. The Kier molecular flexibility index (Phi) is 7.77. The smallest absolute Gasteiger partial charge is 0.265 e. The molecular weight excluding hydrogens is 444 g/mol. The van der Waals surface area contributed by atoms with Crippen molar-refractivity contribution in [1.29, 1.82) is 0 Å². The normalized spacial score (nSPS) is 13.0. The molecular formula is C24H28N2O8. The zero-order valence-electron chi connectivity index (χ0n) is 19.1. The van der Waals surface area contributed by atoms with E-state index in [2.05, 4.69) is 5.32 Å². The number of nitrogens with one attached hydrogen (secondary N) is 1. The van der Waals surface area contributed by atoms with Gasteiger partial charge in [0.25, 0.3) is 5.56 Å². The lowest BCUT2D eigenvalue weighted by Crippen LogP contribution is -2.34. The number of ether oxygens (including phenoxy) is 2. The third-order valence-electron chi connectivity index (χ3n) is 5.66. The third-order valence-corrected chi connectivity index (χ3v) is 5.66. The number of methoxy groups -OCH3 is 2. The summed E-state index contributed by atoms with van der Waals surface area (Å²) in [6, 6.07) is 8.90. The summed E-state index contributed by atoms with van der Waals surface area (Å²) in [5.41, 5.74) is -0.0537. The number of phenols is 1. The number of Topliss-reactive ketones (excluding diaryl/α,β-unsaturated/α-hetero) is 1. The van der Waals surface area contributed by atoms with E-state index in [-0.39, 0.29) is 35.8 Å². The van der Waals surface area contributed by atoms with Crippen molar-refractivity contribution < 1.29 is 34.7 Å². The molecule has 0 radical (unpaired) electrons. The van der Waals surface area contributed by atoms with Crippen molar-refractivity contribution in [3.8, 4) is 23.0 Å². The monoisotopic (exact) mass is 472 g/mol. The van der Waals surface area contributed by atoms with Crippen LogP contribution < -0.4 is 20.3 Å². The van der Waals surface area contributed by atoms with Crippen LogP contribution in [0.1, 0.15) is 28.4 Å². The zero-order valence-corrected chi connectivity index (χ0v) is 19.1. The highest BCUT2D eigenvalue weighted by Gasteiger charge is 2.26. The van der Waals surface area contributed by atoms with Gasteiger partial charge >= 0.3 is 0 Å². The van der Waals surface area contributed by atoms with E-state index in [1.807, 2.05) is 0 Å². The van der Waals surface area contributed by atoms with Gasteiger partial charge in [-0.2, -0.15) is 0 Å². The second-order valence-electron chi connectivity index (χ2n) is 7.80. The minimum atomic E-state index is -1.10. The zero-order chi connectivity index (χ0) is 25.0. The molecule has 2 atom stereocenters. The predicted molar refractivity (Wildman–Crippen MR) is 125 cm³/mol. The Balaban J connectivity index is 2.06. The Hall–Kier alpha value is -3.60. The van der Waals surface area contributed by atoms with Crippen LogP contribution in [-0.4, -0.2) is 64.3 Å². The molecule has 0 aliphatic rings. The number of phenolic OH excluding ortho intramolecular Hbond substituents is 1. The Morgan fingerprint density at radius 1 is 1.09 bits per heavy atom. The van der Waals surface area contributed by atoms with Gasteiger partial charge in [-0.3, -0.25) is 9.59 Å². The fraction of sp³-hybridized carbons (Fsp3) is 0.333. The summed E-state index contributed by atoms with van der Waals surface area (Å²) in [5.74, 6) is -1.07. The number of fused-ring (bicyclic) bond motifs is 1. The topological polar surface area (TPSA) is 150 Å². The van der Waals surface area contributed by atoms with Crippen LogP contribution in [-0.2, 0) is 7.05 Å². The number of para-hydroxylation sites is 1. The first-order chi connectivity index (χ1) is 16.2. The molecule has 0 fully saturated rings. The number of hydrogen-bond acceptors (Lipinski definition) is 9. The van der Waals surface area contributed by atoms with Crippen molar-refractivity contribution in [2.45, 2.75) is 18.6 Å². The molecule has 1 aromatic heterocycles. The van der Waals surface area contributed by atoms with Crippen LogP contribution >= 0.6 is 0 Å². The van der Waals surface area contributed by atoms with Crippen molar-refractivity contribution >= 4 is 16.7 Å². The number of aryl methyl sites for hydroxylation is 1. The van der Waals surface area contributed by atoms with E-state index >= 15 is 0 Å². The van der Waals surface area contributed by atoms with E-state index in [0.29, 0.717) is 16.5 Å². The second-order valence-corrected chi connectivity index (χ2v) is 7.80. The average molecular weight is 472 g/mol. The lowest BCUT2D eigenvalue weighted by Gasteiger charge is -2.22. The van der Waals surface area contributed by atoms with Gasteiger partial charge in [0.15, 0.2) is 17.3 Å². The summed E-state index contributed by atoms with van der Waals surface area (Å²) in [6.07, 6.45) is -1.38. The number of carbonyl (C=O) groups is 1. The molecule has 0 bridgehead atoms. The first kappa shape index (κ1) is 25.0. The van der Waals surface area contributed by atoms with E-state index < -0.39 is 35.8 Å². The van der Waals surface area contributed by atoms with Gasteiger partial charge in [-0.05, 0) is 29.8 Å². The molecule has 182 valence electrons. The molecule has 34 heavy (non-hydrogen) atoms. The summed E-state index contributed by atoms with van der Waals surface area (Å²) in [4.78, 5) is 26.3. The van der Waals surface area contributed by atoms with E-state index in [0.717, 1.165) is 0 Å². The third kappa shape index (κ3) is 4.84. The minimum Gasteiger partial charge on any atom is -0.506 e. The number of aromatic hydroxyl groups is 2. The molecule has 0 aliphatic carbocycles. The number of carbonyl (C=O) groups excluding carboxylic acids is 1. The van der Waals surface area contributed by atoms with E-state index in [4.69, 9.17) is 9.47 Å². The average Bonchev–Trinajstić information content (AvgIpc) is 2.85. The molecule has 0 spiro atoms. The maximum atomic E-state index is 13.3. The Morgan fingerprint density at radius 2 is 1.71 bits per heavy atom.